The fourth-order valence-electron chi connectivity index (χ4n) is 4.29. The molecule has 2 aromatic heterocycles. The van der Waals surface area contributed by atoms with Crippen LogP contribution < -0.4 is 10.1 Å². The first kappa shape index (κ1) is 19.1. The maximum Gasteiger partial charge on any atom is 0.453 e. The highest BCUT2D eigenvalue weighted by molar-refractivity contribution is 5.49. The lowest BCUT2D eigenvalue weighted by Gasteiger charge is -2.39. The molecule has 3 aromatic rings. The van der Waals surface area contributed by atoms with Gasteiger partial charge < -0.3 is 10.1 Å². The first-order valence-corrected chi connectivity index (χ1v) is 9.91. The van der Waals surface area contributed by atoms with Crippen LogP contribution in [0.25, 0.3) is 5.78 Å². The molecule has 2 aliphatic heterocycles. The molecule has 0 radical (unpaired) electrons. The quantitative estimate of drug-likeness (QED) is 0.703. The minimum Gasteiger partial charge on any atom is -0.491 e. The van der Waals surface area contributed by atoms with Crippen LogP contribution in [0, 0.1) is 5.92 Å². The van der Waals surface area contributed by atoms with E-state index >= 15 is 0 Å². The van der Waals surface area contributed by atoms with E-state index in [2.05, 4.69) is 32.2 Å². The van der Waals surface area contributed by atoms with E-state index in [1.54, 1.807) is 6.07 Å². The van der Waals surface area contributed by atoms with Gasteiger partial charge in [-0.25, -0.2) is 4.98 Å². The zero-order valence-electron chi connectivity index (χ0n) is 16.3. The van der Waals surface area contributed by atoms with Gasteiger partial charge in [-0.2, -0.15) is 22.7 Å². The van der Waals surface area contributed by atoms with Gasteiger partial charge in [-0.1, -0.05) is 25.1 Å². The number of halogens is 3. The molecule has 1 fully saturated rings. The number of aromatic nitrogens is 4. The molecule has 2 aliphatic rings. The minimum atomic E-state index is -4.63. The predicted molar refractivity (Wildman–Crippen MR) is 103 cm³/mol. The van der Waals surface area contributed by atoms with Crippen LogP contribution in [0.1, 0.15) is 30.8 Å². The molecule has 158 valence electrons. The molecule has 0 bridgehead atoms. The van der Waals surface area contributed by atoms with E-state index in [9.17, 15) is 13.2 Å². The highest BCUT2D eigenvalue weighted by Crippen LogP contribution is 2.38. The summed E-state index contributed by atoms with van der Waals surface area (Å²) in [6.07, 6.45) is -2.09. The van der Waals surface area contributed by atoms with Crippen molar-refractivity contribution >= 4 is 11.6 Å². The number of benzene rings is 1. The summed E-state index contributed by atoms with van der Waals surface area (Å²) in [6, 6.07) is 9.22. The van der Waals surface area contributed by atoms with Gasteiger partial charge >= 0.3 is 6.18 Å². The van der Waals surface area contributed by atoms with Gasteiger partial charge in [0, 0.05) is 18.3 Å². The molecule has 3 unspecified atom stereocenters. The van der Waals surface area contributed by atoms with Crippen molar-refractivity contribution in [2.24, 2.45) is 5.92 Å². The SMILES string of the molecule is CC1CCN(C2COc3ccccc3C2Nc2ccnc3nc(C(F)(F)F)nn23)C1. The normalized spacial score (nSPS) is 24.6. The van der Waals surface area contributed by atoms with Crippen molar-refractivity contribution < 1.29 is 17.9 Å². The summed E-state index contributed by atoms with van der Waals surface area (Å²) >= 11 is 0. The molecule has 1 aromatic carbocycles. The summed E-state index contributed by atoms with van der Waals surface area (Å²) in [4.78, 5) is 9.85. The topological polar surface area (TPSA) is 67.6 Å². The van der Waals surface area contributed by atoms with Gasteiger partial charge in [-0.15, -0.1) is 5.10 Å². The lowest BCUT2D eigenvalue weighted by Crippen LogP contribution is -2.47. The van der Waals surface area contributed by atoms with Gasteiger partial charge in [0.1, 0.15) is 18.2 Å². The highest BCUT2D eigenvalue weighted by Gasteiger charge is 2.39. The van der Waals surface area contributed by atoms with Crippen molar-refractivity contribution in [1.82, 2.24) is 24.5 Å². The Morgan fingerprint density at radius 3 is 2.80 bits per heavy atom. The maximum atomic E-state index is 13.1. The van der Waals surface area contributed by atoms with Crippen molar-refractivity contribution in [3.8, 4) is 5.75 Å². The largest absolute Gasteiger partial charge is 0.491 e. The molecule has 0 spiro atoms. The van der Waals surface area contributed by atoms with Gasteiger partial charge in [-0.05, 0) is 31.0 Å². The Balaban J connectivity index is 1.54. The van der Waals surface area contributed by atoms with Crippen molar-refractivity contribution in [2.45, 2.75) is 31.6 Å². The van der Waals surface area contributed by atoms with E-state index in [4.69, 9.17) is 4.74 Å². The Labute approximate surface area is 170 Å². The van der Waals surface area contributed by atoms with E-state index in [1.165, 1.54) is 6.20 Å². The minimum absolute atomic E-state index is 0.0404. The monoisotopic (exact) mass is 418 g/mol. The second kappa shape index (κ2) is 7.12. The molecular weight excluding hydrogens is 397 g/mol. The molecule has 0 amide bonds. The summed E-state index contributed by atoms with van der Waals surface area (Å²) in [5.74, 6) is 0.473. The third kappa shape index (κ3) is 3.34. The highest BCUT2D eigenvalue weighted by atomic mass is 19.4. The van der Waals surface area contributed by atoms with Crippen LogP contribution in [0.2, 0.25) is 0 Å². The number of para-hydroxylation sites is 1. The number of anilines is 1. The average molecular weight is 418 g/mol. The first-order valence-electron chi connectivity index (χ1n) is 9.91. The zero-order valence-corrected chi connectivity index (χ0v) is 16.3. The third-order valence-electron chi connectivity index (χ3n) is 5.77. The number of alkyl halides is 3. The van der Waals surface area contributed by atoms with Crippen molar-refractivity contribution in [1.29, 1.82) is 0 Å². The molecule has 3 atom stereocenters. The number of nitrogens with one attached hydrogen (secondary N) is 1. The van der Waals surface area contributed by atoms with Gasteiger partial charge in [0.25, 0.3) is 11.6 Å². The van der Waals surface area contributed by atoms with Crippen LogP contribution in [-0.2, 0) is 6.18 Å². The summed E-state index contributed by atoms with van der Waals surface area (Å²) < 4.78 is 46.4. The average Bonchev–Trinajstić information content (AvgIpc) is 3.35. The van der Waals surface area contributed by atoms with E-state index in [0.717, 1.165) is 35.3 Å². The number of rotatable bonds is 3. The Hall–Kier alpha value is -2.88. The molecule has 30 heavy (non-hydrogen) atoms. The Morgan fingerprint density at radius 1 is 1.20 bits per heavy atom. The lowest BCUT2D eigenvalue weighted by atomic mass is 9.95. The maximum absolute atomic E-state index is 13.1. The van der Waals surface area contributed by atoms with Crippen LogP contribution in [0.15, 0.2) is 36.5 Å². The van der Waals surface area contributed by atoms with Gasteiger partial charge in [0.2, 0.25) is 0 Å². The van der Waals surface area contributed by atoms with Gasteiger partial charge in [-0.3, -0.25) is 4.90 Å². The van der Waals surface area contributed by atoms with Crippen molar-refractivity contribution in [3.05, 3.63) is 47.9 Å². The fourth-order valence-corrected chi connectivity index (χ4v) is 4.29. The number of hydrogen-bond donors (Lipinski definition) is 1. The molecule has 5 rings (SSSR count). The predicted octanol–water partition coefficient (Wildman–Crippen LogP) is 3.40. The molecule has 0 aliphatic carbocycles. The van der Waals surface area contributed by atoms with Crippen molar-refractivity contribution in [2.75, 3.05) is 25.0 Å². The van der Waals surface area contributed by atoms with Gasteiger partial charge in [0.05, 0.1) is 12.1 Å². The smallest absolute Gasteiger partial charge is 0.453 e. The molecule has 1 saturated heterocycles. The van der Waals surface area contributed by atoms with E-state index in [1.807, 2.05) is 24.3 Å². The van der Waals surface area contributed by atoms with Crippen LogP contribution in [0.5, 0.6) is 5.75 Å². The van der Waals surface area contributed by atoms with Crippen LogP contribution in [-0.4, -0.2) is 50.2 Å². The van der Waals surface area contributed by atoms with E-state index < -0.39 is 12.0 Å². The Bertz CT molecular complexity index is 1070. The van der Waals surface area contributed by atoms with E-state index in [0.29, 0.717) is 18.3 Å². The molecule has 0 saturated carbocycles. The fraction of sp³-hybridized carbons (Fsp3) is 0.450. The second-order valence-electron chi connectivity index (χ2n) is 7.90. The van der Waals surface area contributed by atoms with Gasteiger partial charge in [0.15, 0.2) is 0 Å². The number of nitrogens with zero attached hydrogens (tertiary/aromatic N) is 5. The zero-order chi connectivity index (χ0) is 20.9. The van der Waals surface area contributed by atoms with Crippen molar-refractivity contribution in [3.63, 3.8) is 0 Å². The molecule has 7 nitrogen and oxygen atoms in total. The summed E-state index contributed by atoms with van der Waals surface area (Å²) in [5, 5.41) is 7.07. The number of likely N-dealkylation sites (tertiary alicyclic amines) is 1. The van der Waals surface area contributed by atoms with Crippen LogP contribution in [0.4, 0.5) is 19.0 Å². The summed E-state index contributed by atoms with van der Waals surface area (Å²) in [5.41, 5.74) is 0.967. The Kier molecular flexibility index (Phi) is 4.53. The molecule has 1 N–H and O–H groups in total. The molecule has 10 heteroatoms. The number of fused-ring (bicyclic) bond motifs is 2. The van der Waals surface area contributed by atoms with Crippen LogP contribution in [0.3, 0.4) is 0 Å². The molecular formula is C20H21F3N6O. The Morgan fingerprint density at radius 2 is 2.03 bits per heavy atom. The number of ether oxygens (including phenoxy) is 1. The standard InChI is InChI=1S/C20H21F3N6O/c1-12-7-9-28(10-12)14-11-30-15-5-3-2-4-13(15)17(14)25-16-6-8-24-19-26-18(20(21,22)23)27-29(16)19/h2-6,8,12,14,17,25H,7,9-11H2,1H3. The molecule has 4 heterocycles. The lowest BCUT2D eigenvalue weighted by molar-refractivity contribution is -0.144. The summed E-state index contributed by atoms with van der Waals surface area (Å²) in [6.45, 7) is 4.64. The second-order valence-corrected chi connectivity index (χ2v) is 7.90. The third-order valence-corrected chi connectivity index (χ3v) is 5.77. The van der Waals surface area contributed by atoms with E-state index in [-0.39, 0.29) is 17.9 Å². The van der Waals surface area contributed by atoms with Crippen LogP contribution >= 0.6 is 0 Å². The number of hydrogen-bond acceptors (Lipinski definition) is 6. The summed E-state index contributed by atoms with van der Waals surface area (Å²) in [7, 11) is 0. The first-order chi connectivity index (χ1) is 14.4.